The van der Waals surface area contributed by atoms with E-state index in [0.717, 1.165) is 51.4 Å². The molecule has 8 nitrogen and oxygen atoms in total. The summed E-state index contributed by atoms with van der Waals surface area (Å²) in [6.45, 7) is 4.60. The van der Waals surface area contributed by atoms with E-state index < -0.39 is 18.1 Å². The number of aliphatic carboxylic acids is 1. The molecule has 0 heterocycles. The Morgan fingerprint density at radius 1 is 0.630 bits per heavy atom. The first-order chi connectivity index (χ1) is 22.1. The third kappa shape index (κ3) is 28.3. The van der Waals surface area contributed by atoms with Crippen LogP contribution in [0.5, 0.6) is 0 Å². The van der Waals surface area contributed by atoms with Crippen molar-refractivity contribution in [2.24, 2.45) is 0 Å². The van der Waals surface area contributed by atoms with Crippen LogP contribution in [-0.2, 0) is 28.6 Å². The summed E-state index contributed by atoms with van der Waals surface area (Å²) in [5.41, 5.74) is 0. The number of rotatable bonds is 33. The van der Waals surface area contributed by atoms with E-state index in [-0.39, 0.29) is 42.7 Å². The lowest BCUT2D eigenvalue weighted by molar-refractivity contribution is -0.889. The molecule has 0 bridgehead atoms. The molecule has 0 fully saturated rings. The molecular weight excluding hydrogens is 582 g/mol. The first-order valence-corrected chi connectivity index (χ1v) is 18.7. The van der Waals surface area contributed by atoms with Crippen molar-refractivity contribution >= 4 is 17.9 Å². The fourth-order valence-electron chi connectivity index (χ4n) is 5.42. The van der Waals surface area contributed by atoms with Crippen LogP contribution in [0.25, 0.3) is 0 Å². The van der Waals surface area contributed by atoms with Crippen LogP contribution in [0.4, 0.5) is 0 Å². The van der Waals surface area contributed by atoms with Gasteiger partial charge in [-0.3, -0.25) is 9.59 Å². The monoisotopic (exact) mass is 654 g/mol. The van der Waals surface area contributed by atoms with Gasteiger partial charge in [0.05, 0.1) is 40.3 Å². The van der Waals surface area contributed by atoms with Gasteiger partial charge in [-0.05, 0) is 38.5 Å². The second kappa shape index (κ2) is 30.4. The van der Waals surface area contributed by atoms with Gasteiger partial charge in [-0.25, -0.2) is 0 Å². The smallest absolute Gasteiger partial charge is 0.306 e. The minimum atomic E-state index is -1.13. The van der Waals surface area contributed by atoms with Crippen LogP contribution in [0.1, 0.15) is 162 Å². The molecule has 0 aromatic rings. The first kappa shape index (κ1) is 44.1. The SMILES string of the molecule is CCCCCCC/C=C\CCCCCCCC(=O)OC(COCCC(C(=O)[O-])[N+](C)(C)C)COC(=O)CCCCCCCCCC. The number of unbranched alkanes of at least 4 members (excludes halogenated alkanes) is 17. The number of esters is 2. The van der Waals surface area contributed by atoms with Gasteiger partial charge in [-0.1, -0.05) is 116 Å². The number of quaternary nitrogens is 1. The van der Waals surface area contributed by atoms with Crippen LogP contribution < -0.4 is 5.11 Å². The number of hydrogen-bond donors (Lipinski definition) is 0. The largest absolute Gasteiger partial charge is 0.544 e. The van der Waals surface area contributed by atoms with Gasteiger partial charge in [0, 0.05) is 19.3 Å². The topological polar surface area (TPSA) is 102 Å². The van der Waals surface area contributed by atoms with Crippen LogP contribution in [-0.4, -0.2) is 75.5 Å². The molecule has 0 aliphatic carbocycles. The fraction of sp³-hybridized carbons (Fsp3) is 0.868. The van der Waals surface area contributed by atoms with Gasteiger partial charge < -0.3 is 28.6 Å². The van der Waals surface area contributed by atoms with E-state index in [4.69, 9.17) is 14.2 Å². The fourth-order valence-corrected chi connectivity index (χ4v) is 5.42. The molecule has 0 radical (unpaired) electrons. The average molecular weight is 654 g/mol. The Bertz CT molecular complexity index is 778. The van der Waals surface area contributed by atoms with Crippen molar-refractivity contribution in [1.29, 1.82) is 0 Å². The third-order valence-corrected chi connectivity index (χ3v) is 8.40. The Labute approximate surface area is 282 Å². The molecule has 0 spiro atoms. The Morgan fingerprint density at radius 3 is 1.57 bits per heavy atom. The van der Waals surface area contributed by atoms with E-state index >= 15 is 0 Å². The molecule has 8 heteroatoms. The minimum Gasteiger partial charge on any atom is -0.544 e. The first-order valence-electron chi connectivity index (χ1n) is 18.7. The summed E-state index contributed by atoms with van der Waals surface area (Å²) in [6, 6.07) is -0.721. The quantitative estimate of drug-likeness (QED) is 0.0308. The molecule has 0 rings (SSSR count). The lowest BCUT2D eigenvalue weighted by atomic mass is 10.1. The number of likely N-dealkylation sites (N-methyl/N-ethyl adjacent to an activating group) is 1. The van der Waals surface area contributed by atoms with E-state index in [9.17, 15) is 19.5 Å². The maximum atomic E-state index is 12.6. The zero-order valence-corrected chi connectivity index (χ0v) is 30.5. The molecule has 2 unspecified atom stereocenters. The van der Waals surface area contributed by atoms with Crippen molar-refractivity contribution in [3.8, 4) is 0 Å². The lowest BCUT2D eigenvalue weighted by Crippen LogP contribution is -2.55. The molecule has 0 aliphatic heterocycles. The Morgan fingerprint density at radius 2 is 1.09 bits per heavy atom. The summed E-state index contributed by atoms with van der Waals surface area (Å²) >= 11 is 0. The molecule has 0 saturated carbocycles. The molecule has 2 atom stereocenters. The van der Waals surface area contributed by atoms with Crippen molar-refractivity contribution in [3.05, 3.63) is 12.2 Å². The van der Waals surface area contributed by atoms with Gasteiger partial charge in [0.2, 0.25) is 0 Å². The molecule has 0 aliphatic rings. The van der Waals surface area contributed by atoms with Gasteiger partial charge in [0.25, 0.3) is 0 Å². The number of hydrogen-bond acceptors (Lipinski definition) is 7. The Kier molecular flexibility index (Phi) is 29.1. The zero-order chi connectivity index (χ0) is 34.3. The van der Waals surface area contributed by atoms with E-state index in [2.05, 4.69) is 26.0 Å². The Balaban J connectivity index is 4.42. The molecule has 0 saturated heterocycles. The number of carboxylic acid groups (broad SMARTS) is 1. The van der Waals surface area contributed by atoms with Crippen LogP contribution in [0.2, 0.25) is 0 Å². The number of carbonyl (C=O) groups excluding carboxylic acids is 3. The average Bonchev–Trinajstić information content (AvgIpc) is 3.00. The van der Waals surface area contributed by atoms with Crippen molar-refractivity contribution in [2.75, 3.05) is 41.0 Å². The number of carbonyl (C=O) groups is 3. The van der Waals surface area contributed by atoms with Gasteiger partial charge in [-0.15, -0.1) is 0 Å². The summed E-state index contributed by atoms with van der Waals surface area (Å²) in [6.07, 6.45) is 28.1. The highest BCUT2D eigenvalue weighted by atomic mass is 16.6. The molecule has 270 valence electrons. The number of allylic oxidation sites excluding steroid dienone is 2. The standard InChI is InChI=1S/C38H71NO7/c1-6-8-10-12-14-16-17-18-19-20-21-23-25-27-29-37(41)46-34(32-44-31-30-35(38(42)43)39(3,4)5)33-45-36(40)28-26-24-22-15-13-11-9-7-2/h17-18,34-35H,6-16,19-33H2,1-5H3/b18-17-. The lowest BCUT2D eigenvalue weighted by Gasteiger charge is -2.34. The number of nitrogens with zero attached hydrogens (tertiary/aromatic N) is 1. The maximum absolute atomic E-state index is 12.6. The Hall–Kier alpha value is -1.93. The minimum absolute atomic E-state index is 0.0416. The highest BCUT2D eigenvalue weighted by Crippen LogP contribution is 2.13. The van der Waals surface area contributed by atoms with E-state index in [1.165, 1.54) is 77.0 Å². The summed E-state index contributed by atoms with van der Waals surface area (Å²) in [5.74, 6) is -1.75. The molecule has 0 aromatic heterocycles. The van der Waals surface area contributed by atoms with Crippen LogP contribution in [0, 0.1) is 0 Å². The van der Waals surface area contributed by atoms with Crippen molar-refractivity contribution in [2.45, 2.75) is 174 Å². The van der Waals surface area contributed by atoms with Crippen LogP contribution >= 0.6 is 0 Å². The summed E-state index contributed by atoms with van der Waals surface area (Å²) in [7, 11) is 5.39. The predicted octanol–water partition coefficient (Wildman–Crippen LogP) is 7.85. The second-order valence-corrected chi connectivity index (χ2v) is 13.8. The molecule has 0 N–H and O–H groups in total. The van der Waals surface area contributed by atoms with Crippen molar-refractivity contribution in [3.63, 3.8) is 0 Å². The highest BCUT2D eigenvalue weighted by Gasteiger charge is 2.25. The third-order valence-electron chi connectivity index (χ3n) is 8.40. The molecular formula is C38H71NO7. The van der Waals surface area contributed by atoms with E-state index in [0.29, 0.717) is 12.8 Å². The predicted molar refractivity (Wildman–Crippen MR) is 185 cm³/mol. The normalized spacial score (nSPS) is 13.2. The summed E-state index contributed by atoms with van der Waals surface area (Å²) in [4.78, 5) is 36.5. The van der Waals surface area contributed by atoms with E-state index in [1.54, 1.807) is 21.1 Å². The number of ether oxygens (including phenoxy) is 3. The molecule has 46 heavy (non-hydrogen) atoms. The van der Waals surface area contributed by atoms with Crippen LogP contribution in [0.15, 0.2) is 12.2 Å². The molecule has 0 aromatic carbocycles. The summed E-state index contributed by atoms with van der Waals surface area (Å²) in [5, 5.41) is 11.5. The van der Waals surface area contributed by atoms with Gasteiger partial charge >= 0.3 is 11.9 Å². The highest BCUT2D eigenvalue weighted by molar-refractivity contribution is 5.70. The second-order valence-electron chi connectivity index (χ2n) is 13.8. The van der Waals surface area contributed by atoms with Crippen LogP contribution in [0.3, 0.4) is 0 Å². The summed E-state index contributed by atoms with van der Waals surface area (Å²) < 4.78 is 17.0. The van der Waals surface area contributed by atoms with E-state index in [1.807, 2.05) is 0 Å². The number of carboxylic acids is 1. The molecule has 0 amide bonds. The van der Waals surface area contributed by atoms with Gasteiger partial charge in [0.15, 0.2) is 6.10 Å². The zero-order valence-electron chi connectivity index (χ0n) is 30.5. The van der Waals surface area contributed by atoms with Gasteiger partial charge in [0.1, 0.15) is 12.6 Å². The van der Waals surface area contributed by atoms with Crippen molar-refractivity contribution < 1.29 is 38.2 Å². The maximum Gasteiger partial charge on any atom is 0.306 e. The van der Waals surface area contributed by atoms with Gasteiger partial charge in [-0.2, -0.15) is 0 Å². The van der Waals surface area contributed by atoms with Crippen molar-refractivity contribution in [1.82, 2.24) is 0 Å².